The number of alkyl halides is 3. The van der Waals surface area contributed by atoms with Crippen LogP contribution in [0.5, 0.6) is 0 Å². The van der Waals surface area contributed by atoms with E-state index in [0.29, 0.717) is 18.7 Å². The lowest BCUT2D eigenvalue weighted by Crippen LogP contribution is -2.43. The van der Waals surface area contributed by atoms with Crippen LogP contribution < -0.4 is 10.0 Å². The molecular formula is C16H19F3N4O3S. The topological polar surface area (TPSA) is 85.2 Å². The number of aromatic nitrogens is 2. The molecule has 3 rings (SSSR count). The van der Waals surface area contributed by atoms with Crippen molar-refractivity contribution in [1.82, 2.24) is 19.6 Å². The lowest BCUT2D eigenvalue weighted by atomic mass is 10.1. The zero-order valence-electron chi connectivity index (χ0n) is 14.4. The van der Waals surface area contributed by atoms with E-state index in [9.17, 15) is 21.6 Å². The summed E-state index contributed by atoms with van der Waals surface area (Å²) in [6, 6.07) is 4.17. The Bertz CT molecular complexity index is 881. The summed E-state index contributed by atoms with van der Waals surface area (Å²) >= 11 is 0. The van der Waals surface area contributed by atoms with Crippen molar-refractivity contribution in [3.05, 3.63) is 47.9 Å². The van der Waals surface area contributed by atoms with E-state index in [0.717, 1.165) is 12.1 Å². The minimum Gasteiger partial charge on any atom is -0.371 e. The average Bonchev–Trinajstić information content (AvgIpc) is 3.21. The molecule has 11 heteroatoms. The van der Waals surface area contributed by atoms with Crippen LogP contribution >= 0.6 is 0 Å². The SMILES string of the molecule is Cn1cnc(S(=O)(=O)N[C@@H]2CNC[C@H]2OCc2ccc(C(F)(F)F)cc2)c1. The Morgan fingerprint density at radius 3 is 2.59 bits per heavy atom. The Morgan fingerprint density at radius 2 is 2.00 bits per heavy atom. The first-order chi connectivity index (χ1) is 12.6. The largest absolute Gasteiger partial charge is 0.416 e. The molecule has 0 amide bonds. The summed E-state index contributed by atoms with van der Waals surface area (Å²) in [5.74, 6) is 0. The standard InChI is InChI=1S/C16H19F3N4O3S/c1-23-8-15(21-10-23)27(24,25)22-13-6-20-7-14(13)26-9-11-2-4-12(5-3-11)16(17,18)19/h2-5,8,10,13-14,20,22H,6-7,9H2,1H3/t13-,14-/m1/s1. The summed E-state index contributed by atoms with van der Waals surface area (Å²) in [6.07, 6.45) is -2.06. The highest BCUT2D eigenvalue weighted by Gasteiger charge is 2.33. The van der Waals surface area contributed by atoms with Gasteiger partial charge in [0.2, 0.25) is 0 Å². The molecule has 1 aromatic heterocycles. The van der Waals surface area contributed by atoms with Crippen molar-refractivity contribution in [3.8, 4) is 0 Å². The molecule has 1 aliphatic rings. The Morgan fingerprint density at radius 1 is 1.30 bits per heavy atom. The van der Waals surface area contributed by atoms with Gasteiger partial charge in [-0.1, -0.05) is 12.1 Å². The normalized spacial score (nSPS) is 20.9. The van der Waals surface area contributed by atoms with Gasteiger partial charge in [-0.25, -0.2) is 18.1 Å². The van der Waals surface area contributed by atoms with Gasteiger partial charge in [0.05, 0.1) is 30.6 Å². The molecule has 1 saturated heterocycles. The molecule has 0 saturated carbocycles. The van der Waals surface area contributed by atoms with Crippen molar-refractivity contribution in [2.45, 2.75) is 30.0 Å². The summed E-state index contributed by atoms with van der Waals surface area (Å²) in [6.45, 7) is 0.881. The number of ether oxygens (including phenoxy) is 1. The molecule has 0 unspecified atom stereocenters. The van der Waals surface area contributed by atoms with Crippen LogP contribution in [0.4, 0.5) is 13.2 Å². The van der Waals surface area contributed by atoms with Crippen molar-refractivity contribution in [3.63, 3.8) is 0 Å². The smallest absolute Gasteiger partial charge is 0.371 e. The summed E-state index contributed by atoms with van der Waals surface area (Å²) < 4.78 is 72.3. The first-order valence-corrected chi connectivity index (χ1v) is 9.62. The molecule has 27 heavy (non-hydrogen) atoms. The van der Waals surface area contributed by atoms with Gasteiger partial charge in [0.1, 0.15) is 0 Å². The first kappa shape index (κ1) is 19.8. The van der Waals surface area contributed by atoms with Crippen LogP contribution in [-0.2, 0) is 34.6 Å². The highest BCUT2D eigenvalue weighted by molar-refractivity contribution is 7.89. The van der Waals surface area contributed by atoms with E-state index >= 15 is 0 Å². The molecule has 148 valence electrons. The number of benzene rings is 1. The molecule has 0 spiro atoms. The zero-order valence-corrected chi connectivity index (χ0v) is 15.2. The second kappa shape index (κ2) is 7.58. The number of aryl methyl sites for hydroxylation is 1. The minimum absolute atomic E-state index is 0.0757. The molecule has 1 aromatic carbocycles. The molecule has 0 radical (unpaired) electrons. The molecule has 1 aliphatic heterocycles. The third-order valence-corrected chi connectivity index (χ3v) is 5.54. The highest BCUT2D eigenvalue weighted by Crippen LogP contribution is 2.29. The predicted octanol–water partition coefficient (Wildman–Crippen LogP) is 1.27. The van der Waals surface area contributed by atoms with Gasteiger partial charge in [-0.3, -0.25) is 0 Å². The average molecular weight is 404 g/mol. The fraction of sp³-hybridized carbons (Fsp3) is 0.438. The quantitative estimate of drug-likeness (QED) is 0.758. The molecule has 2 N–H and O–H groups in total. The van der Waals surface area contributed by atoms with Gasteiger partial charge >= 0.3 is 6.18 Å². The number of sulfonamides is 1. The fourth-order valence-electron chi connectivity index (χ4n) is 2.73. The maximum atomic E-state index is 12.6. The molecule has 2 aromatic rings. The molecule has 1 fully saturated rings. The van der Waals surface area contributed by atoms with E-state index in [1.807, 2.05) is 0 Å². The predicted molar refractivity (Wildman–Crippen MR) is 90.2 cm³/mol. The van der Waals surface area contributed by atoms with Gasteiger partial charge in [-0.2, -0.15) is 13.2 Å². The second-order valence-electron chi connectivity index (χ2n) is 6.31. The van der Waals surface area contributed by atoms with E-state index in [1.54, 1.807) is 7.05 Å². The van der Waals surface area contributed by atoms with Crippen molar-refractivity contribution in [2.75, 3.05) is 13.1 Å². The summed E-state index contributed by atoms with van der Waals surface area (Å²) in [7, 11) is -2.12. The molecule has 0 aliphatic carbocycles. The highest BCUT2D eigenvalue weighted by atomic mass is 32.2. The molecule has 2 heterocycles. The van der Waals surface area contributed by atoms with Gasteiger partial charge in [0.25, 0.3) is 10.0 Å². The maximum absolute atomic E-state index is 12.6. The van der Waals surface area contributed by atoms with Crippen molar-refractivity contribution in [2.24, 2.45) is 7.05 Å². The summed E-state index contributed by atoms with van der Waals surface area (Å²) in [5, 5.41) is 2.96. The minimum atomic E-state index is -4.39. The zero-order chi connectivity index (χ0) is 19.7. The first-order valence-electron chi connectivity index (χ1n) is 8.14. The lowest BCUT2D eigenvalue weighted by Gasteiger charge is -2.20. The van der Waals surface area contributed by atoms with Gasteiger partial charge in [-0.05, 0) is 17.7 Å². The van der Waals surface area contributed by atoms with Gasteiger partial charge < -0.3 is 14.6 Å². The maximum Gasteiger partial charge on any atom is 0.416 e. The van der Waals surface area contributed by atoms with Crippen LogP contribution in [0.3, 0.4) is 0 Å². The number of rotatable bonds is 6. The lowest BCUT2D eigenvalue weighted by molar-refractivity contribution is -0.137. The van der Waals surface area contributed by atoms with Crippen LogP contribution in [0.1, 0.15) is 11.1 Å². The molecule has 7 nitrogen and oxygen atoms in total. The van der Waals surface area contributed by atoms with Crippen LogP contribution in [0.25, 0.3) is 0 Å². The number of imidazole rings is 1. The number of hydrogen-bond acceptors (Lipinski definition) is 5. The monoisotopic (exact) mass is 404 g/mol. The van der Waals surface area contributed by atoms with E-state index in [-0.39, 0.29) is 11.6 Å². The molecular weight excluding hydrogens is 385 g/mol. The van der Waals surface area contributed by atoms with E-state index in [1.165, 1.54) is 29.2 Å². The van der Waals surface area contributed by atoms with E-state index in [2.05, 4.69) is 15.0 Å². The summed E-state index contributed by atoms with van der Waals surface area (Å²) in [5.41, 5.74) is -0.156. The van der Waals surface area contributed by atoms with Gasteiger partial charge in [0, 0.05) is 26.3 Å². The Balaban J connectivity index is 1.60. The second-order valence-corrected chi connectivity index (χ2v) is 7.97. The number of nitrogens with zero attached hydrogens (tertiary/aromatic N) is 2. The summed E-state index contributed by atoms with van der Waals surface area (Å²) in [4.78, 5) is 3.84. The van der Waals surface area contributed by atoms with E-state index < -0.39 is 33.9 Å². The Kier molecular flexibility index (Phi) is 5.56. The van der Waals surface area contributed by atoms with Gasteiger partial charge in [-0.15, -0.1) is 0 Å². The van der Waals surface area contributed by atoms with Crippen molar-refractivity contribution in [1.29, 1.82) is 0 Å². The third kappa shape index (κ3) is 4.86. The molecule has 0 bridgehead atoms. The van der Waals surface area contributed by atoms with Crippen LogP contribution in [0.2, 0.25) is 0 Å². The number of nitrogens with one attached hydrogen (secondary N) is 2. The third-order valence-electron chi connectivity index (χ3n) is 4.17. The van der Waals surface area contributed by atoms with Crippen molar-refractivity contribution >= 4 is 10.0 Å². The Labute approximate surface area is 154 Å². The van der Waals surface area contributed by atoms with Gasteiger partial charge in [0.15, 0.2) is 5.03 Å². The number of hydrogen-bond donors (Lipinski definition) is 2. The van der Waals surface area contributed by atoms with Crippen LogP contribution in [0.15, 0.2) is 41.8 Å². The van der Waals surface area contributed by atoms with Crippen LogP contribution in [0, 0.1) is 0 Å². The van der Waals surface area contributed by atoms with Crippen LogP contribution in [-0.4, -0.2) is 43.2 Å². The van der Waals surface area contributed by atoms with Crippen molar-refractivity contribution < 1.29 is 26.3 Å². The molecule has 2 atom stereocenters. The Hall–Kier alpha value is -1.95. The fourth-order valence-corrected chi connectivity index (χ4v) is 3.97. The van der Waals surface area contributed by atoms with E-state index in [4.69, 9.17) is 4.74 Å². The number of halogens is 3.